The fraction of sp³-hybridized carbons (Fsp3) is 0.125. The van der Waals surface area contributed by atoms with Crippen molar-refractivity contribution in [1.82, 2.24) is 15.0 Å². The number of hydrogen-bond donors (Lipinski definition) is 2. The lowest BCUT2D eigenvalue weighted by atomic mass is 10.5. The number of H-pyrrole nitrogens is 1. The van der Waals surface area contributed by atoms with Gasteiger partial charge in [-0.25, -0.2) is 14.8 Å². The van der Waals surface area contributed by atoms with Gasteiger partial charge < -0.3 is 10.1 Å². The smallest absolute Gasteiger partial charge is 0.353 e. The van der Waals surface area contributed by atoms with Gasteiger partial charge in [0.05, 0.1) is 6.20 Å². The zero-order chi connectivity index (χ0) is 10.1. The molecule has 0 aliphatic carbocycles. The van der Waals surface area contributed by atoms with Crippen LogP contribution in [0.4, 0.5) is 0 Å². The van der Waals surface area contributed by atoms with Crippen molar-refractivity contribution in [3.8, 4) is 10.8 Å². The number of aryl methyl sites for hydroxylation is 1. The first-order valence-electron chi connectivity index (χ1n) is 3.88. The Kier molecular flexibility index (Phi) is 2.05. The zero-order valence-corrected chi connectivity index (χ0v) is 8.13. The highest BCUT2D eigenvalue weighted by atomic mass is 32.1. The summed E-state index contributed by atoms with van der Waals surface area (Å²) < 4.78 is 0. The molecule has 2 N–H and O–H groups in total. The third kappa shape index (κ3) is 1.51. The largest absolute Gasteiger partial charge is 0.477 e. The van der Waals surface area contributed by atoms with E-state index in [1.807, 2.05) is 6.92 Å². The Balaban J connectivity index is 2.38. The monoisotopic (exact) mass is 209 g/mol. The van der Waals surface area contributed by atoms with E-state index in [2.05, 4.69) is 15.0 Å². The molecule has 14 heavy (non-hydrogen) atoms. The van der Waals surface area contributed by atoms with Gasteiger partial charge in [0.1, 0.15) is 5.69 Å². The van der Waals surface area contributed by atoms with Gasteiger partial charge >= 0.3 is 5.97 Å². The highest BCUT2D eigenvalue weighted by Crippen LogP contribution is 2.21. The first kappa shape index (κ1) is 8.89. The SMILES string of the molecule is Cc1cnc(-c2ncc(C(=O)O)[nH]2)s1. The summed E-state index contributed by atoms with van der Waals surface area (Å²) >= 11 is 1.47. The van der Waals surface area contributed by atoms with Crippen molar-refractivity contribution in [3.63, 3.8) is 0 Å². The van der Waals surface area contributed by atoms with Crippen LogP contribution in [0.1, 0.15) is 15.4 Å². The minimum Gasteiger partial charge on any atom is -0.477 e. The fourth-order valence-electron chi connectivity index (χ4n) is 1.00. The van der Waals surface area contributed by atoms with E-state index in [9.17, 15) is 4.79 Å². The van der Waals surface area contributed by atoms with Crippen LogP contribution >= 0.6 is 11.3 Å². The number of thiazole rings is 1. The van der Waals surface area contributed by atoms with Crippen molar-refractivity contribution in [1.29, 1.82) is 0 Å². The Morgan fingerprint density at radius 2 is 2.29 bits per heavy atom. The van der Waals surface area contributed by atoms with Crippen LogP contribution in [0.5, 0.6) is 0 Å². The Morgan fingerprint density at radius 3 is 2.79 bits per heavy atom. The van der Waals surface area contributed by atoms with Crippen LogP contribution in [0.2, 0.25) is 0 Å². The van der Waals surface area contributed by atoms with Crippen molar-refractivity contribution in [2.24, 2.45) is 0 Å². The number of aromatic amines is 1. The lowest BCUT2D eigenvalue weighted by Crippen LogP contribution is -1.95. The number of aromatic carboxylic acids is 1. The summed E-state index contributed by atoms with van der Waals surface area (Å²) in [5.74, 6) is -0.516. The minimum atomic E-state index is -1.02. The molecule has 0 spiro atoms. The van der Waals surface area contributed by atoms with Gasteiger partial charge in [-0.1, -0.05) is 0 Å². The van der Waals surface area contributed by atoms with Gasteiger partial charge in [-0.3, -0.25) is 0 Å². The third-order valence-corrected chi connectivity index (χ3v) is 2.55. The fourth-order valence-corrected chi connectivity index (χ4v) is 1.72. The molecule has 0 atom stereocenters. The number of hydrogen-bond acceptors (Lipinski definition) is 4. The number of carbonyl (C=O) groups is 1. The molecule has 0 fully saturated rings. The second-order valence-electron chi connectivity index (χ2n) is 2.73. The quantitative estimate of drug-likeness (QED) is 0.786. The van der Waals surface area contributed by atoms with E-state index in [0.717, 1.165) is 4.88 Å². The van der Waals surface area contributed by atoms with Crippen LogP contribution in [0, 0.1) is 6.92 Å². The van der Waals surface area contributed by atoms with Crippen molar-refractivity contribution in [2.45, 2.75) is 6.92 Å². The summed E-state index contributed by atoms with van der Waals surface area (Å²) in [5.41, 5.74) is 0.0767. The molecule has 2 heterocycles. The van der Waals surface area contributed by atoms with Gasteiger partial charge in [-0.15, -0.1) is 11.3 Å². The van der Waals surface area contributed by atoms with E-state index in [-0.39, 0.29) is 5.69 Å². The number of nitrogens with one attached hydrogen (secondary N) is 1. The molecule has 6 heteroatoms. The van der Waals surface area contributed by atoms with E-state index in [1.165, 1.54) is 17.5 Å². The van der Waals surface area contributed by atoms with Gasteiger partial charge in [0.25, 0.3) is 0 Å². The average molecular weight is 209 g/mol. The van der Waals surface area contributed by atoms with Crippen LogP contribution in [-0.2, 0) is 0 Å². The van der Waals surface area contributed by atoms with Gasteiger partial charge in [0.15, 0.2) is 10.8 Å². The van der Waals surface area contributed by atoms with Crippen molar-refractivity contribution in [3.05, 3.63) is 23.0 Å². The highest BCUT2D eigenvalue weighted by Gasteiger charge is 2.10. The Hall–Kier alpha value is -1.69. The summed E-state index contributed by atoms with van der Waals surface area (Å²) in [4.78, 5) is 22.3. The van der Waals surface area contributed by atoms with Crippen molar-refractivity contribution in [2.75, 3.05) is 0 Å². The molecule has 0 amide bonds. The third-order valence-electron chi connectivity index (χ3n) is 1.63. The van der Waals surface area contributed by atoms with Crippen LogP contribution in [0.25, 0.3) is 10.8 Å². The maximum Gasteiger partial charge on any atom is 0.353 e. The molecular weight excluding hydrogens is 202 g/mol. The molecule has 0 aromatic carbocycles. The molecule has 0 saturated heterocycles. The Morgan fingerprint density at radius 1 is 1.50 bits per heavy atom. The standard InChI is InChI=1S/C8H7N3O2S/c1-4-2-10-7(14-4)6-9-3-5(11-6)8(12)13/h2-3H,1H3,(H,9,11)(H,12,13). The summed E-state index contributed by atoms with van der Waals surface area (Å²) in [5, 5.41) is 9.37. The Labute approximate surface area is 83.5 Å². The molecule has 0 radical (unpaired) electrons. The number of carboxylic acids is 1. The average Bonchev–Trinajstić information content (AvgIpc) is 2.70. The molecule has 2 rings (SSSR count). The highest BCUT2D eigenvalue weighted by molar-refractivity contribution is 7.14. The van der Waals surface area contributed by atoms with E-state index < -0.39 is 5.97 Å². The second-order valence-corrected chi connectivity index (χ2v) is 3.96. The summed E-state index contributed by atoms with van der Waals surface area (Å²) in [6, 6.07) is 0. The minimum absolute atomic E-state index is 0.0767. The molecule has 72 valence electrons. The topological polar surface area (TPSA) is 78.9 Å². The van der Waals surface area contributed by atoms with E-state index in [0.29, 0.717) is 10.8 Å². The molecule has 0 aliphatic heterocycles. The van der Waals surface area contributed by atoms with Crippen LogP contribution in [0.3, 0.4) is 0 Å². The number of nitrogens with zero attached hydrogens (tertiary/aromatic N) is 2. The molecule has 2 aromatic heterocycles. The van der Waals surface area contributed by atoms with E-state index in [1.54, 1.807) is 6.20 Å². The maximum atomic E-state index is 10.6. The molecule has 0 aliphatic rings. The zero-order valence-electron chi connectivity index (χ0n) is 7.31. The first-order valence-corrected chi connectivity index (χ1v) is 4.69. The van der Waals surface area contributed by atoms with Crippen LogP contribution in [0.15, 0.2) is 12.4 Å². The lowest BCUT2D eigenvalue weighted by molar-refractivity contribution is 0.0691. The molecule has 0 bridgehead atoms. The molecule has 2 aromatic rings. The van der Waals surface area contributed by atoms with Gasteiger partial charge in [-0.2, -0.15) is 0 Å². The normalized spacial score (nSPS) is 10.4. The summed E-state index contributed by atoms with van der Waals surface area (Å²) in [7, 11) is 0. The summed E-state index contributed by atoms with van der Waals surface area (Å²) in [6.07, 6.45) is 3.01. The molecule has 0 saturated carbocycles. The first-order chi connectivity index (χ1) is 6.66. The van der Waals surface area contributed by atoms with Gasteiger partial charge in [0.2, 0.25) is 0 Å². The van der Waals surface area contributed by atoms with Crippen LogP contribution in [-0.4, -0.2) is 26.0 Å². The van der Waals surface area contributed by atoms with Crippen molar-refractivity contribution < 1.29 is 9.90 Å². The lowest BCUT2D eigenvalue weighted by Gasteiger charge is -1.87. The van der Waals surface area contributed by atoms with E-state index >= 15 is 0 Å². The van der Waals surface area contributed by atoms with Gasteiger partial charge in [-0.05, 0) is 6.92 Å². The predicted molar refractivity (Wildman–Crippen MR) is 51.4 cm³/mol. The van der Waals surface area contributed by atoms with Gasteiger partial charge in [0, 0.05) is 11.1 Å². The summed E-state index contributed by atoms with van der Waals surface area (Å²) in [6.45, 7) is 1.93. The molecule has 0 unspecified atom stereocenters. The Bertz CT molecular complexity index is 474. The number of imidazole rings is 1. The second kappa shape index (κ2) is 3.22. The molecule has 5 nitrogen and oxygen atoms in total. The van der Waals surface area contributed by atoms with E-state index in [4.69, 9.17) is 5.11 Å². The molecular formula is C8H7N3O2S. The maximum absolute atomic E-state index is 10.6. The number of carboxylic acid groups (broad SMARTS) is 1. The predicted octanol–water partition coefficient (Wildman–Crippen LogP) is 1.54. The van der Waals surface area contributed by atoms with Crippen molar-refractivity contribution >= 4 is 17.3 Å². The number of aromatic nitrogens is 3. The number of rotatable bonds is 2. The van der Waals surface area contributed by atoms with Crippen LogP contribution < -0.4 is 0 Å².